The predicted octanol–water partition coefficient (Wildman–Crippen LogP) is -0.227. The maximum atomic E-state index is 13.5. The molecule has 1 saturated heterocycles. The first kappa shape index (κ1) is 25.3. The fourth-order valence-electron chi connectivity index (χ4n) is 3.89. The van der Waals surface area contributed by atoms with E-state index >= 15 is 0 Å². The molecule has 0 unspecified atom stereocenters. The molecule has 1 aliphatic rings. The summed E-state index contributed by atoms with van der Waals surface area (Å²) in [6.45, 7) is -0.745. The lowest BCUT2D eigenvalue weighted by molar-refractivity contribution is -0.277. The highest BCUT2D eigenvalue weighted by atomic mass is 16.7. The van der Waals surface area contributed by atoms with Gasteiger partial charge in [0.1, 0.15) is 46.9 Å². The Morgan fingerprint density at radius 2 is 1.53 bits per heavy atom. The maximum absolute atomic E-state index is 13.5. The van der Waals surface area contributed by atoms with Crippen LogP contribution in [0.15, 0.2) is 33.5 Å². The second-order valence-corrected chi connectivity index (χ2v) is 7.97. The minimum Gasteiger partial charge on any atom is -0.507 e. The molecule has 2 aromatic carbocycles. The summed E-state index contributed by atoms with van der Waals surface area (Å²) in [6.07, 6.45) is -8.46. The van der Waals surface area contributed by atoms with Crippen molar-refractivity contribution in [3.05, 3.63) is 34.5 Å². The van der Waals surface area contributed by atoms with Crippen LogP contribution in [0.2, 0.25) is 0 Å². The Kier molecular flexibility index (Phi) is 6.84. The van der Waals surface area contributed by atoms with Gasteiger partial charge in [-0.05, 0) is 12.1 Å². The Balaban J connectivity index is 1.94. The van der Waals surface area contributed by atoms with E-state index in [2.05, 4.69) is 0 Å². The second kappa shape index (κ2) is 9.72. The van der Waals surface area contributed by atoms with Crippen molar-refractivity contribution >= 4 is 11.0 Å². The zero-order chi connectivity index (χ0) is 26.3. The van der Waals surface area contributed by atoms with Crippen LogP contribution >= 0.6 is 0 Å². The topological polar surface area (TPSA) is 209 Å². The third-order valence-electron chi connectivity index (χ3n) is 5.74. The van der Waals surface area contributed by atoms with E-state index in [0.717, 1.165) is 18.2 Å². The quantitative estimate of drug-likeness (QED) is 0.230. The van der Waals surface area contributed by atoms with Gasteiger partial charge in [-0.25, -0.2) is 0 Å². The van der Waals surface area contributed by atoms with E-state index in [-0.39, 0.29) is 33.8 Å². The van der Waals surface area contributed by atoms with E-state index in [1.54, 1.807) is 0 Å². The highest BCUT2D eigenvalue weighted by Gasteiger charge is 2.45. The average molecular weight is 508 g/mol. The van der Waals surface area contributed by atoms with Gasteiger partial charge in [0.05, 0.1) is 20.8 Å². The van der Waals surface area contributed by atoms with Gasteiger partial charge in [0.2, 0.25) is 23.2 Å². The third-order valence-corrected chi connectivity index (χ3v) is 5.74. The normalized spacial score (nSPS) is 24.0. The lowest BCUT2D eigenvalue weighted by atomic mass is 9.99. The van der Waals surface area contributed by atoms with Gasteiger partial charge < -0.3 is 59.1 Å². The molecular weight excluding hydrogens is 484 g/mol. The molecule has 7 N–H and O–H groups in total. The van der Waals surface area contributed by atoms with Crippen LogP contribution in [0.25, 0.3) is 22.3 Å². The molecule has 1 aliphatic heterocycles. The van der Waals surface area contributed by atoms with E-state index in [1.807, 2.05) is 0 Å². The second-order valence-electron chi connectivity index (χ2n) is 7.97. The Hall–Kier alpha value is -3.75. The number of phenols is 3. The summed E-state index contributed by atoms with van der Waals surface area (Å²) in [5, 5.41) is 70.6. The van der Waals surface area contributed by atoms with Crippen molar-refractivity contribution in [2.45, 2.75) is 30.7 Å². The van der Waals surface area contributed by atoms with E-state index in [4.69, 9.17) is 23.4 Å². The lowest BCUT2D eigenvalue weighted by Gasteiger charge is -2.39. The van der Waals surface area contributed by atoms with Gasteiger partial charge in [0, 0.05) is 17.7 Å². The molecule has 5 atom stereocenters. The van der Waals surface area contributed by atoms with Crippen molar-refractivity contribution in [1.29, 1.82) is 0 Å². The van der Waals surface area contributed by atoms with Crippen LogP contribution in [0.3, 0.4) is 0 Å². The standard InChI is InChI=1S/C23H24O13/c1-32-9-5-10(25)15-13(6-9)34-20(8-3-11(26)21(33-2)12(27)4-8)22(17(15)29)36-23-19(31)18(30)16(28)14(7-24)35-23/h3-6,14,16,18-19,23-28,30-31H,7H2,1-2H3/t14-,16+,18+,19-,23+/m1/s1. The van der Waals surface area contributed by atoms with Crippen LogP contribution in [0.1, 0.15) is 0 Å². The smallest absolute Gasteiger partial charge is 0.239 e. The van der Waals surface area contributed by atoms with Crippen LogP contribution in [0, 0.1) is 0 Å². The summed E-state index contributed by atoms with van der Waals surface area (Å²) >= 11 is 0. The molecule has 0 aliphatic carbocycles. The van der Waals surface area contributed by atoms with Crippen LogP contribution in [0.4, 0.5) is 0 Å². The molecule has 36 heavy (non-hydrogen) atoms. The Labute approximate surface area is 202 Å². The summed E-state index contributed by atoms with van der Waals surface area (Å²) in [5.41, 5.74) is -1.17. The van der Waals surface area contributed by atoms with Crippen molar-refractivity contribution in [2.75, 3.05) is 20.8 Å². The summed E-state index contributed by atoms with van der Waals surface area (Å²) in [4.78, 5) is 13.5. The number of hydrogen-bond donors (Lipinski definition) is 7. The summed E-state index contributed by atoms with van der Waals surface area (Å²) in [7, 11) is 2.54. The van der Waals surface area contributed by atoms with E-state index in [1.165, 1.54) is 20.3 Å². The number of fused-ring (bicyclic) bond motifs is 1. The molecule has 0 saturated carbocycles. The van der Waals surface area contributed by atoms with Crippen LogP contribution < -0.4 is 19.6 Å². The Morgan fingerprint density at radius 3 is 2.11 bits per heavy atom. The number of aliphatic hydroxyl groups is 4. The summed E-state index contributed by atoms with van der Waals surface area (Å²) < 4.78 is 26.7. The molecule has 3 aromatic rings. The molecular formula is C23H24O13. The van der Waals surface area contributed by atoms with Crippen molar-refractivity contribution in [2.24, 2.45) is 0 Å². The van der Waals surface area contributed by atoms with Crippen molar-refractivity contribution in [1.82, 2.24) is 0 Å². The van der Waals surface area contributed by atoms with Gasteiger partial charge in [0.25, 0.3) is 0 Å². The SMILES string of the molecule is COc1cc(O)c2c(=O)c(O[C@@H]3O[C@H](CO)[C@H](O)[C@H](O)[C@H]3O)c(-c3cc(O)c(OC)c(O)c3)oc2c1. The fourth-order valence-corrected chi connectivity index (χ4v) is 3.89. The average Bonchev–Trinajstić information content (AvgIpc) is 2.84. The number of aliphatic hydroxyl groups excluding tert-OH is 4. The Morgan fingerprint density at radius 1 is 0.861 bits per heavy atom. The zero-order valence-electron chi connectivity index (χ0n) is 19.0. The molecule has 4 rings (SSSR count). The molecule has 13 nitrogen and oxygen atoms in total. The largest absolute Gasteiger partial charge is 0.507 e. The van der Waals surface area contributed by atoms with Crippen molar-refractivity contribution < 1.29 is 59.1 Å². The molecule has 0 amide bonds. The van der Waals surface area contributed by atoms with E-state index in [0.29, 0.717) is 0 Å². The molecule has 1 aromatic heterocycles. The number of rotatable bonds is 6. The first-order chi connectivity index (χ1) is 17.1. The number of hydrogen-bond acceptors (Lipinski definition) is 13. The molecule has 0 radical (unpaired) electrons. The summed E-state index contributed by atoms with van der Waals surface area (Å²) in [6, 6.07) is 4.66. The molecule has 194 valence electrons. The maximum Gasteiger partial charge on any atom is 0.239 e. The first-order valence-corrected chi connectivity index (χ1v) is 10.6. The number of phenolic OH excluding ortho intramolecular Hbond substituents is 3. The van der Waals surface area contributed by atoms with Gasteiger partial charge >= 0.3 is 0 Å². The number of ether oxygens (including phenoxy) is 4. The molecule has 1 fully saturated rings. The Bertz CT molecular complexity index is 1310. The predicted molar refractivity (Wildman–Crippen MR) is 120 cm³/mol. The van der Waals surface area contributed by atoms with Gasteiger partial charge in [0.15, 0.2) is 17.3 Å². The zero-order valence-corrected chi connectivity index (χ0v) is 19.0. The van der Waals surface area contributed by atoms with Crippen LogP contribution in [0.5, 0.6) is 34.5 Å². The van der Waals surface area contributed by atoms with Gasteiger partial charge in [-0.2, -0.15) is 0 Å². The van der Waals surface area contributed by atoms with E-state index < -0.39 is 65.7 Å². The molecule has 13 heteroatoms. The molecule has 0 bridgehead atoms. The van der Waals surface area contributed by atoms with Gasteiger partial charge in [-0.15, -0.1) is 0 Å². The van der Waals surface area contributed by atoms with E-state index in [9.17, 15) is 40.5 Å². The van der Waals surface area contributed by atoms with Gasteiger partial charge in [-0.1, -0.05) is 0 Å². The minimum absolute atomic E-state index is 0.0771. The third kappa shape index (κ3) is 4.23. The molecule has 2 heterocycles. The minimum atomic E-state index is -1.87. The number of aromatic hydroxyl groups is 3. The highest BCUT2D eigenvalue weighted by Crippen LogP contribution is 2.43. The van der Waals surface area contributed by atoms with Crippen molar-refractivity contribution in [3.8, 4) is 45.8 Å². The van der Waals surface area contributed by atoms with Crippen molar-refractivity contribution in [3.63, 3.8) is 0 Å². The fraction of sp³-hybridized carbons (Fsp3) is 0.348. The van der Waals surface area contributed by atoms with Gasteiger partial charge in [-0.3, -0.25) is 4.79 Å². The highest BCUT2D eigenvalue weighted by molar-refractivity contribution is 5.88. The monoisotopic (exact) mass is 508 g/mol. The summed E-state index contributed by atoms with van der Waals surface area (Å²) in [5.74, 6) is -2.66. The number of benzene rings is 2. The number of methoxy groups -OCH3 is 2. The first-order valence-electron chi connectivity index (χ1n) is 10.6. The van der Waals surface area contributed by atoms with Crippen LogP contribution in [-0.4, -0.2) is 87.3 Å². The lowest BCUT2D eigenvalue weighted by Crippen LogP contribution is -2.60. The van der Waals surface area contributed by atoms with Crippen LogP contribution in [-0.2, 0) is 4.74 Å². The molecule has 0 spiro atoms.